The Morgan fingerprint density at radius 1 is 1.35 bits per heavy atom. The molecule has 1 saturated heterocycles. The van der Waals surface area contributed by atoms with E-state index >= 15 is 0 Å². The van der Waals surface area contributed by atoms with Gasteiger partial charge in [-0.3, -0.25) is 4.79 Å². The van der Waals surface area contributed by atoms with Crippen LogP contribution in [0.15, 0.2) is 11.2 Å². The average molecular weight is 476 g/mol. The Morgan fingerprint density at radius 2 is 2.04 bits per heavy atom. The number of esters is 1. The molecule has 1 aromatic rings. The molecule has 2 aliphatic rings. The first kappa shape index (κ1) is 20.9. The maximum atomic E-state index is 11.3. The summed E-state index contributed by atoms with van der Waals surface area (Å²) in [5.41, 5.74) is 0.746. The van der Waals surface area contributed by atoms with Crippen molar-refractivity contribution in [1.82, 2.24) is 25.2 Å². The Kier molecular flexibility index (Phi) is 8.11. The lowest BCUT2D eigenvalue weighted by Gasteiger charge is -2.22. The van der Waals surface area contributed by atoms with E-state index in [4.69, 9.17) is 4.99 Å². The quantitative estimate of drug-likeness (QED) is 0.301. The number of halogens is 1. The van der Waals surface area contributed by atoms with Gasteiger partial charge in [0.05, 0.1) is 19.9 Å². The molecule has 2 atom stereocenters. The molecule has 1 N–H and O–H groups in total. The molecule has 2 fully saturated rings. The summed E-state index contributed by atoms with van der Waals surface area (Å²) < 4.78 is 6.12. The van der Waals surface area contributed by atoms with Gasteiger partial charge in [0.25, 0.3) is 0 Å². The number of guanidine groups is 1. The van der Waals surface area contributed by atoms with Gasteiger partial charge in [-0.15, -0.1) is 29.1 Å². The first-order chi connectivity index (χ1) is 12.2. The summed E-state index contributed by atoms with van der Waals surface area (Å²) in [6.07, 6.45) is 7.18. The number of nitrogens with one attached hydrogen (secondary N) is 1. The highest BCUT2D eigenvalue weighted by molar-refractivity contribution is 14.0. The van der Waals surface area contributed by atoms with Crippen molar-refractivity contribution >= 4 is 35.9 Å². The molecule has 1 saturated carbocycles. The highest BCUT2D eigenvalue weighted by Crippen LogP contribution is 2.35. The number of carbonyl (C=O) groups is 1. The minimum Gasteiger partial charge on any atom is -0.468 e. The van der Waals surface area contributed by atoms with Crippen LogP contribution in [0.3, 0.4) is 0 Å². The van der Waals surface area contributed by atoms with Crippen molar-refractivity contribution in [3.05, 3.63) is 11.9 Å². The molecular weight excluding hydrogens is 447 g/mol. The second kappa shape index (κ2) is 10.1. The lowest BCUT2D eigenvalue weighted by Crippen LogP contribution is -2.40. The Labute approximate surface area is 171 Å². The van der Waals surface area contributed by atoms with Gasteiger partial charge < -0.3 is 15.0 Å². The molecule has 2 unspecified atom stereocenters. The molecule has 2 heterocycles. The number of hydrogen-bond donors (Lipinski definition) is 1. The summed E-state index contributed by atoms with van der Waals surface area (Å²) >= 11 is 0. The van der Waals surface area contributed by atoms with E-state index in [1.165, 1.54) is 37.5 Å². The Balaban J connectivity index is 0.00000243. The second-order valence-corrected chi connectivity index (χ2v) is 6.86. The number of carbonyl (C=O) groups excluding carboxylic acids is 1. The summed E-state index contributed by atoms with van der Waals surface area (Å²) in [5, 5.41) is 11.4. The van der Waals surface area contributed by atoms with Crippen molar-refractivity contribution in [3.63, 3.8) is 0 Å². The maximum absolute atomic E-state index is 11.3. The molecule has 0 bridgehead atoms. The third kappa shape index (κ3) is 5.31. The van der Waals surface area contributed by atoms with Crippen LogP contribution in [0.2, 0.25) is 0 Å². The predicted molar refractivity (Wildman–Crippen MR) is 109 cm³/mol. The summed E-state index contributed by atoms with van der Waals surface area (Å²) in [6, 6.07) is 0. The van der Waals surface area contributed by atoms with Crippen LogP contribution in [0, 0.1) is 11.8 Å². The van der Waals surface area contributed by atoms with Gasteiger partial charge in [-0.25, -0.2) is 9.67 Å². The monoisotopic (exact) mass is 476 g/mol. The van der Waals surface area contributed by atoms with E-state index in [-0.39, 0.29) is 36.5 Å². The zero-order chi connectivity index (χ0) is 17.6. The smallest absolute Gasteiger partial charge is 0.327 e. The Bertz CT molecular complexity index is 606. The summed E-state index contributed by atoms with van der Waals surface area (Å²) in [5.74, 6) is 2.25. The minimum absolute atomic E-state index is 0. The van der Waals surface area contributed by atoms with Crippen molar-refractivity contribution in [3.8, 4) is 0 Å². The first-order valence-corrected chi connectivity index (χ1v) is 9.18. The highest BCUT2D eigenvalue weighted by atomic mass is 127. The standard InChI is InChI=1S/C17H28N6O2.HI/c1-3-18-17(22-9-13-6-4-5-7-14(13)10-22)19-8-15-11-23(21-20-15)12-16(24)25-2;/h11,13-14H,3-10,12H2,1-2H3,(H,18,19);1H. The normalized spacial score (nSPS) is 22.5. The fourth-order valence-electron chi connectivity index (χ4n) is 3.85. The van der Waals surface area contributed by atoms with Gasteiger partial charge in [-0.1, -0.05) is 18.1 Å². The molecule has 0 spiro atoms. The van der Waals surface area contributed by atoms with E-state index in [2.05, 4.69) is 32.2 Å². The van der Waals surface area contributed by atoms with Crippen LogP contribution in [-0.2, 0) is 22.6 Å². The number of methoxy groups -OCH3 is 1. The van der Waals surface area contributed by atoms with E-state index in [9.17, 15) is 4.79 Å². The number of ether oxygens (including phenoxy) is 1. The largest absolute Gasteiger partial charge is 0.468 e. The minimum atomic E-state index is -0.340. The number of likely N-dealkylation sites (tertiary alicyclic amines) is 1. The van der Waals surface area contributed by atoms with Crippen LogP contribution in [0.4, 0.5) is 0 Å². The topological polar surface area (TPSA) is 84.6 Å². The molecule has 0 amide bonds. The number of aromatic nitrogens is 3. The van der Waals surface area contributed by atoms with E-state index in [1.807, 2.05) is 0 Å². The molecule has 1 aromatic heterocycles. The molecule has 0 radical (unpaired) electrons. The third-order valence-corrected chi connectivity index (χ3v) is 5.11. The van der Waals surface area contributed by atoms with Gasteiger partial charge in [-0.05, 0) is 31.6 Å². The summed E-state index contributed by atoms with van der Waals surface area (Å²) in [4.78, 5) is 18.4. The van der Waals surface area contributed by atoms with Gasteiger partial charge in [0.2, 0.25) is 0 Å². The van der Waals surface area contributed by atoms with Crippen molar-refractivity contribution in [2.75, 3.05) is 26.7 Å². The van der Waals surface area contributed by atoms with E-state index < -0.39 is 0 Å². The number of hydrogen-bond acceptors (Lipinski definition) is 5. The number of aliphatic imine (C=N–C) groups is 1. The fourth-order valence-corrected chi connectivity index (χ4v) is 3.85. The van der Waals surface area contributed by atoms with Crippen LogP contribution in [0.1, 0.15) is 38.3 Å². The molecule has 3 rings (SSSR count). The van der Waals surface area contributed by atoms with Gasteiger partial charge in [0.15, 0.2) is 5.96 Å². The van der Waals surface area contributed by atoms with Crippen LogP contribution in [0.25, 0.3) is 0 Å². The molecule has 1 aliphatic heterocycles. The van der Waals surface area contributed by atoms with Gasteiger partial charge in [-0.2, -0.15) is 0 Å². The van der Waals surface area contributed by atoms with Crippen LogP contribution >= 0.6 is 24.0 Å². The van der Waals surface area contributed by atoms with E-state index in [0.717, 1.165) is 43.1 Å². The van der Waals surface area contributed by atoms with Crippen LogP contribution < -0.4 is 5.32 Å². The highest BCUT2D eigenvalue weighted by Gasteiger charge is 2.35. The zero-order valence-corrected chi connectivity index (χ0v) is 17.9. The molecule has 0 aromatic carbocycles. The van der Waals surface area contributed by atoms with E-state index in [0.29, 0.717) is 6.54 Å². The molecular formula is C17H29IN6O2. The van der Waals surface area contributed by atoms with Crippen LogP contribution in [0.5, 0.6) is 0 Å². The summed E-state index contributed by atoms with van der Waals surface area (Å²) in [6.45, 7) is 5.67. The van der Waals surface area contributed by atoms with Crippen LogP contribution in [-0.4, -0.2) is 58.6 Å². The van der Waals surface area contributed by atoms with Gasteiger partial charge in [0, 0.05) is 19.6 Å². The van der Waals surface area contributed by atoms with Crippen molar-refractivity contribution in [2.24, 2.45) is 16.8 Å². The van der Waals surface area contributed by atoms with Gasteiger partial charge >= 0.3 is 5.97 Å². The predicted octanol–water partition coefficient (Wildman–Crippen LogP) is 1.66. The number of fused-ring (bicyclic) bond motifs is 1. The maximum Gasteiger partial charge on any atom is 0.327 e. The van der Waals surface area contributed by atoms with Gasteiger partial charge in [0.1, 0.15) is 12.2 Å². The first-order valence-electron chi connectivity index (χ1n) is 9.18. The van der Waals surface area contributed by atoms with Crippen molar-refractivity contribution in [2.45, 2.75) is 45.7 Å². The Morgan fingerprint density at radius 3 is 2.65 bits per heavy atom. The lowest BCUT2D eigenvalue weighted by molar-refractivity contribution is -0.141. The number of nitrogens with zero attached hydrogens (tertiary/aromatic N) is 5. The van der Waals surface area contributed by atoms with Crippen molar-refractivity contribution < 1.29 is 9.53 Å². The molecule has 26 heavy (non-hydrogen) atoms. The molecule has 9 heteroatoms. The number of rotatable bonds is 5. The Hall–Kier alpha value is -1.39. The van der Waals surface area contributed by atoms with E-state index in [1.54, 1.807) is 6.20 Å². The average Bonchev–Trinajstić information content (AvgIpc) is 3.24. The molecule has 1 aliphatic carbocycles. The van der Waals surface area contributed by atoms with Crippen molar-refractivity contribution in [1.29, 1.82) is 0 Å². The fraction of sp³-hybridized carbons (Fsp3) is 0.765. The second-order valence-electron chi connectivity index (χ2n) is 6.86. The lowest BCUT2D eigenvalue weighted by atomic mass is 9.82. The third-order valence-electron chi connectivity index (χ3n) is 5.11. The zero-order valence-electron chi connectivity index (χ0n) is 15.6. The molecule has 8 nitrogen and oxygen atoms in total. The summed E-state index contributed by atoms with van der Waals surface area (Å²) in [7, 11) is 1.36. The molecule has 146 valence electrons. The SMILES string of the molecule is CCNC(=NCc1cn(CC(=O)OC)nn1)N1CC2CCCCC2C1.I.